The van der Waals surface area contributed by atoms with Crippen LogP contribution in [0.25, 0.3) is 0 Å². The van der Waals surface area contributed by atoms with E-state index in [1.165, 1.54) is 0 Å². The third-order valence-corrected chi connectivity index (χ3v) is 3.67. The van der Waals surface area contributed by atoms with Gasteiger partial charge in [-0.2, -0.15) is 0 Å². The topological polar surface area (TPSA) is 0 Å². The van der Waals surface area contributed by atoms with Crippen LogP contribution in [0.15, 0.2) is 0 Å². The van der Waals surface area contributed by atoms with Gasteiger partial charge >= 0.3 is 61.6 Å². The molecule has 0 aromatic carbocycles. The molecule has 0 spiro atoms. The van der Waals surface area contributed by atoms with Crippen molar-refractivity contribution in [1.82, 2.24) is 0 Å². The van der Waals surface area contributed by atoms with Gasteiger partial charge in [0.15, 0.2) is 0 Å². The molecule has 0 rings (SSSR count). The summed E-state index contributed by atoms with van der Waals surface area (Å²) in [5.74, 6) is 0. The molecule has 0 aromatic rings. The van der Waals surface area contributed by atoms with Crippen molar-refractivity contribution in [3.63, 3.8) is 0 Å². The summed E-state index contributed by atoms with van der Waals surface area (Å²) in [4.78, 5) is 0. The molecule has 0 fully saturated rings. The average molecular weight is 234 g/mol. The van der Waals surface area contributed by atoms with Crippen molar-refractivity contribution < 1.29 is 0 Å². The second-order valence-corrected chi connectivity index (χ2v) is 10.5. The minimum atomic E-state index is -0.607. The molecule has 0 unspecified atom stereocenters. The van der Waals surface area contributed by atoms with Gasteiger partial charge in [-0.05, 0) is 0 Å². The molecule has 0 amide bonds. The summed E-state index contributed by atoms with van der Waals surface area (Å²) < 4.78 is 6.61. The fraction of sp³-hybridized carbons (Fsp3) is 0.667. The zero-order chi connectivity index (χ0) is 6.57. The van der Waals surface area contributed by atoms with Crippen LogP contribution in [0.1, 0.15) is 0 Å². The maximum atomic E-state index is 3.31. The van der Waals surface area contributed by atoms with Crippen molar-refractivity contribution in [3.05, 3.63) is 0 Å². The Morgan fingerprint density at radius 1 is 0.750 bits per heavy atom. The van der Waals surface area contributed by atoms with Crippen molar-refractivity contribution in [1.29, 1.82) is 0 Å². The molecule has 0 saturated heterocycles. The van der Waals surface area contributed by atoms with Gasteiger partial charge in [0.25, 0.3) is 0 Å². The monoisotopic (exact) mass is 234 g/mol. The number of hydrogen-bond donors (Lipinski definition) is 0. The molecule has 0 aliphatic rings. The standard InChI is InChI=1S/C6H12As2/c1-7(2)5-6-8(3)4/h1-4H3. The van der Waals surface area contributed by atoms with Gasteiger partial charge in [0.2, 0.25) is 0 Å². The van der Waals surface area contributed by atoms with E-state index in [-0.39, 0.29) is 0 Å². The van der Waals surface area contributed by atoms with Crippen LogP contribution < -0.4 is 0 Å². The van der Waals surface area contributed by atoms with E-state index in [9.17, 15) is 0 Å². The summed E-state index contributed by atoms with van der Waals surface area (Å²) in [5.41, 5.74) is 9.10. The summed E-state index contributed by atoms with van der Waals surface area (Å²) in [6.45, 7) is 0. The Kier molecular flexibility index (Phi) is 4.93. The molecule has 8 heavy (non-hydrogen) atoms. The van der Waals surface area contributed by atoms with Crippen molar-refractivity contribution in [2.45, 2.75) is 22.8 Å². The van der Waals surface area contributed by atoms with Crippen molar-refractivity contribution in [2.24, 2.45) is 0 Å². The van der Waals surface area contributed by atoms with Gasteiger partial charge in [0.05, 0.1) is 0 Å². The number of rotatable bonds is 0. The van der Waals surface area contributed by atoms with Crippen LogP contribution in [0, 0.1) is 9.42 Å². The summed E-state index contributed by atoms with van der Waals surface area (Å²) in [6.07, 6.45) is 0. The van der Waals surface area contributed by atoms with E-state index in [0.717, 1.165) is 0 Å². The zero-order valence-corrected chi connectivity index (χ0v) is 9.65. The predicted molar refractivity (Wildman–Crippen MR) is 42.7 cm³/mol. The molecule has 0 N–H and O–H groups in total. The molecule has 0 radical (unpaired) electrons. The van der Waals surface area contributed by atoms with Gasteiger partial charge in [-0.1, -0.05) is 0 Å². The fourth-order valence-corrected chi connectivity index (χ4v) is 5.40. The minimum absolute atomic E-state index is 0.607. The summed E-state index contributed by atoms with van der Waals surface area (Å²) in [6, 6.07) is 0. The maximum absolute atomic E-state index is 3.31. The normalized spacial score (nSPS) is 9.25. The van der Waals surface area contributed by atoms with E-state index in [1.807, 2.05) is 0 Å². The first kappa shape index (κ1) is 8.68. The molecule has 0 heterocycles. The van der Waals surface area contributed by atoms with Crippen LogP contribution in [0.2, 0.25) is 22.8 Å². The Morgan fingerprint density at radius 2 is 1.00 bits per heavy atom. The van der Waals surface area contributed by atoms with Gasteiger partial charge in [-0.15, -0.1) is 0 Å². The van der Waals surface area contributed by atoms with E-state index in [1.54, 1.807) is 0 Å². The number of hydrogen-bond acceptors (Lipinski definition) is 0. The predicted octanol–water partition coefficient (Wildman–Crippen LogP) is 1.58. The second kappa shape index (κ2) is 4.55. The molecule has 0 aromatic heterocycles. The van der Waals surface area contributed by atoms with E-state index in [2.05, 4.69) is 32.3 Å². The molecule has 0 atom stereocenters. The van der Waals surface area contributed by atoms with Gasteiger partial charge in [0, 0.05) is 0 Å². The SMILES string of the molecule is C[As](C)C#C[As](C)C. The van der Waals surface area contributed by atoms with Crippen LogP contribution in [-0.2, 0) is 0 Å². The average Bonchev–Trinajstić information content (AvgIpc) is 1.61. The Bertz CT molecular complexity index is 93.4. The molecular formula is C6H12As2. The van der Waals surface area contributed by atoms with E-state index >= 15 is 0 Å². The van der Waals surface area contributed by atoms with Crippen LogP contribution in [0.5, 0.6) is 0 Å². The molecule has 0 bridgehead atoms. The fourth-order valence-electron chi connectivity index (χ4n) is 0.200. The van der Waals surface area contributed by atoms with Gasteiger partial charge in [-0.3, -0.25) is 0 Å². The van der Waals surface area contributed by atoms with E-state index in [4.69, 9.17) is 0 Å². The first-order valence-corrected chi connectivity index (χ1v) is 11.9. The molecular weight excluding hydrogens is 222 g/mol. The van der Waals surface area contributed by atoms with Crippen molar-refractivity contribution >= 4 is 29.3 Å². The summed E-state index contributed by atoms with van der Waals surface area (Å²) >= 11 is -1.21. The van der Waals surface area contributed by atoms with Gasteiger partial charge in [0.1, 0.15) is 0 Å². The Labute approximate surface area is 61.6 Å². The third kappa shape index (κ3) is 6.68. The third-order valence-electron chi connectivity index (χ3n) is 0.497. The van der Waals surface area contributed by atoms with Crippen molar-refractivity contribution in [3.8, 4) is 9.42 Å². The van der Waals surface area contributed by atoms with Crippen molar-refractivity contribution in [2.75, 3.05) is 0 Å². The van der Waals surface area contributed by atoms with E-state index in [0.29, 0.717) is 0 Å². The quantitative estimate of drug-likeness (QED) is 0.441. The van der Waals surface area contributed by atoms with Crippen LogP contribution in [-0.4, -0.2) is 29.3 Å². The molecule has 46 valence electrons. The van der Waals surface area contributed by atoms with E-state index < -0.39 is 29.3 Å². The second-order valence-electron chi connectivity index (χ2n) is 2.01. The molecule has 0 saturated carbocycles. The van der Waals surface area contributed by atoms with Gasteiger partial charge < -0.3 is 0 Å². The first-order valence-electron chi connectivity index (χ1n) is 2.49. The molecule has 0 nitrogen and oxygen atoms in total. The first-order chi connectivity index (χ1) is 3.63. The Morgan fingerprint density at radius 3 is 1.12 bits per heavy atom. The molecule has 2 heteroatoms. The van der Waals surface area contributed by atoms with Crippen LogP contribution in [0.4, 0.5) is 0 Å². The Hall–Kier alpha value is 0.677. The van der Waals surface area contributed by atoms with Crippen LogP contribution >= 0.6 is 0 Å². The molecule has 0 aliphatic carbocycles. The molecule has 0 aliphatic heterocycles. The van der Waals surface area contributed by atoms with Crippen LogP contribution in [0.3, 0.4) is 0 Å². The van der Waals surface area contributed by atoms with Gasteiger partial charge in [-0.25, -0.2) is 0 Å². The summed E-state index contributed by atoms with van der Waals surface area (Å²) in [5, 5.41) is 0. The summed E-state index contributed by atoms with van der Waals surface area (Å²) in [7, 11) is 0. The zero-order valence-electron chi connectivity index (χ0n) is 5.89. The Balaban J connectivity index is 3.50.